The van der Waals surface area contributed by atoms with Crippen LogP contribution in [0.5, 0.6) is 0 Å². The van der Waals surface area contributed by atoms with Gasteiger partial charge >= 0.3 is 0 Å². The molecule has 3 aromatic carbocycles. The highest BCUT2D eigenvalue weighted by atomic mass is 127. The van der Waals surface area contributed by atoms with E-state index >= 15 is 0 Å². The van der Waals surface area contributed by atoms with Gasteiger partial charge in [-0.2, -0.15) is 0 Å². The summed E-state index contributed by atoms with van der Waals surface area (Å²) >= 11 is 8.45. The number of halogens is 2. The zero-order valence-electron chi connectivity index (χ0n) is 14.1. The monoisotopic (exact) mass is 484 g/mol. The van der Waals surface area contributed by atoms with Gasteiger partial charge in [-0.3, -0.25) is 9.36 Å². The molecule has 0 aliphatic carbocycles. The molecule has 1 heterocycles. The molecule has 0 atom stereocenters. The summed E-state index contributed by atoms with van der Waals surface area (Å²) < 4.78 is 2.63. The van der Waals surface area contributed by atoms with Crippen molar-refractivity contribution in [2.24, 2.45) is 0 Å². The van der Waals surface area contributed by atoms with E-state index < -0.39 is 0 Å². The molecule has 4 aromatic rings. The maximum atomic E-state index is 13.2. The van der Waals surface area contributed by atoms with Crippen LogP contribution in [0.4, 0.5) is 0 Å². The van der Waals surface area contributed by atoms with Crippen LogP contribution in [0.2, 0.25) is 5.02 Å². The van der Waals surface area contributed by atoms with Crippen molar-refractivity contribution in [1.82, 2.24) is 9.55 Å². The molecule has 132 valence electrons. The Labute approximate surface area is 175 Å². The highest BCUT2D eigenvalue weighted by Crippen LogP contribution is 2.20. The molecule has 0 aliphatic heterocycles. The average molecular weight is 485 g/mol. The van der Waals surface area contributed by atoms with Crippen molar-refractivity contribution in [3.63, 3.8) is 0 Å². The van der Waals surface area contributed by atoms with Crippen LogP contribution in [0, 0.1) is 3.57 Å². The van der Waals surface area contributed by atoms with Crippen molar-refractivity contribution < 1.29 is 0 Å². The molecular formula is C22H14ClIN2O. The van der Waals surface area contributed by atoms with E-state index in [1.165, 1.54) is 0 Å². The van der Waals surface area contributed by atoms with Gasteiger partial charge in [0.15, 0.2) is 0 Å². The van der Waals surface area contributed by atoms with Gasteiger partial charge in [0, 0.05) is 8.59 Å². The van der Waals surface area contributed by atoms with E-state index in [1.54, 1.807) is 4.57 Å². The second-order valence-electron chi connectivity index (χ2n) is 5.96. The van der Waals surface area contributed by atoms with Crippen molar-refractivity contribution in [2.45, 2.75) is 0 Å². The van der Waals surface area contributed by atoms with Gasteiger partial charge in [0.2, 0.25) is 0 Å². The molecule has 4 rings (SSSR count). The first-order valence-electron chi connectivity index (χ1n) is 8.34. The Morgan fingerprint density at radius 3 is 2.44 bits per heavy atom. The Hall–Kier alpha value is -2.44. The number of hydrogen-bond donors (Lipinski definition) is 0. The summed E-state index contributed by atoms with van der Waals surface area (Å²) in [7, 11) is 0. The van der Waals surface area contributed by atoms with E-state index in [9.17, 15) is 4.79 Å². The van der Waals surface area contributed by atoms with Crippen molar-refractivity contribution in [2.75, 3.05) is 0 Å². The molecular weight excluding hydrogens is 471 g/mol. The lowest BCUT2D eigenvalue weighted by Gasteiger charge is -2.11. The Bertz CT molecular complexity index is 1220. The lowest BCUT2D eigenvalue weighted by atomic mass is 10.2. The van der Waals surface area contributed by atoms with Gasteiger partial charge < -0.3 is 0 Å². The van der Waals surface area contributed by atoms with Crippen LogP contribution in [0.15, 0.2) is 77.6 Å². The van der Waals surface area contributed by atoms with E-state index in [0.717, 1.165) is 14.8 Å². The Morgan fingerprint density at radius 2 is 1.67 bits per heavy atom. The number of benzene rings is 3. The smallest absolute Gasteiger partial charge is 0.266 e. The van der Waals surface area contributed by atoms with Crippen LogP contribution in [0.1, 0.15) is 11.4 Å². The zero-order valence-corrected chi connectivity index (χ0v) is 17.1. The fourth-order valence-corrected chi connectivity index (χ4v) is 3.58. The van der Waals surface area contributed by atoms with Gasteiger partial charge in [-0.05, 0) is 76.7 Å². The van der Waals surface area contributed by atoms with E-state index in [-0.39, 0.29) is 5.56 Å². The van der Waals surface area contributed by atoms with E-state index in [0.29, 0.717) is 21.7 Å². The Morgan fingerprint density at radius 1 is 0.926 bits per heavy atom. The molecule has 1 aromatic heterocycles. The predicted octanol–water partition coefficient (Wildman–Crippen LogP) is 5.81. The van der Waals surface area contributed by atoms with Gasteiger partial charge in [-0.1, -0.05) is 48.0 Å². The third-order valence-corrected chi connectivity index (χ3v) is 5.20. The van der Waals surface area contributed by atoms with E-state index in [1.807, 2.05) is 84.9 Å². The molecule has 0 radical (unpaired) electrons. The number of rotatable bonds is 3. The summed E-state index contributed by atoms with van der Waals surface area (Å²) in [6.45, 7) is 0. The normalized spacial score (nSPS) is 11.3. The quantitative estimate of drug-likeness (QED) is 0.344. The minimum Gasteiger partial charge on any atom is -0.268 e. The first-order valence-corrected chi connectivity index (χ1v) is 9.79. The molecule has 0 unspecified atom stereocenters. The van der Waals surface area contributed by atoms with Crippen molar-refractivity contribution in [3.8, 4) is 5.69 Å². The number of fused-ring (bicyclic) bond motifs is 1. The molecule has 0 fully saturated rings. The number of aromatic nitrogens is 2. The van der Waals surface area contributed by atoms with Crippen LogP contribution in [-0.2, 0) is 0 Å². The topological polar surface area (TPSA) is 34.9 Å². The highest BCUT2D eigenvalue weighted by Gasteiger charge is 2.11. The van der Waals surface area contributed by atoms with Crippen LogP contribution < -0.4 is 5.56 Å². The first-order chi connectivity index (χ1) is 13.1. The number of para-hydroxylation sites is 1. The van der Waals surface area contributed by atoms with Crippen LogP contribution in [0.3, 0.4) is 0 Å². The third-order valence-electron chi connectivity index (χ3n) is 4.19. The third kappa shape index (κ3) is 3.68. The maximum absolute atomic E-state index is 13.2. The lowest BCUT2D eigenvalue weighted by Crippen LogP contribution is -2.22. The minimum absolute atomic E-state index is 0.0940. The summed E-state index contributed by atoms with van der Waals surface area (Å²) in [5, 5.41) is 1.25. The van der Waals surface area contributed by atoms with Crippen LogP contribution in [-0.4, -0.2) is 9.55 Å². The summed E-state index contributed by atoms with van der Waals surface area (Å²) in [4.78, 5) is 18.0. The maximum Gasteiger partial charge on any atom is 0.266 e. The second kappa shape index (κ2) is 7.66. The molecule has 3 nitrogen and oxygen atoms in total. The van der Waals surface area contributed by atoms with E-state index in [2.05, 4.69) is 22.6 Å². The molecule has 0 N–H and O–H groups in total. The summed E-state index contributed by atoms with van der Waals surface area (Å²) in [6.07, 6.45) is 3.70. The number of hydrogen-bond acceptors (Lipinski definition) is 2. The Kier molecular flexibility index (Phi) is 5.09. The largest absolute Gasteiger partial charge is 0.268 e. The predicted molar refractivity (Wildman–Crippen MR) is 120 cm³/mol. The molecule has 5 heteroatoms. The summed E-state index contributed by atoms with van der Waals surface area (Å²) in [5.41, 5.74) is 2.22. The second-order valence-corrected chi connectivity index (χ2v) is 7.62. The van der Waals surface area contributed by atoms with Crippen molar-refractivity contribution >= 4 is 57.2 Å². The molecule has 0 aliphatic rings. The molecule has 0 spiro atoms. The lowest BCUT2D eigenvalue weighted by molar-refractivity contribution is 0.944. The molecule has 0 bridgehead atoms. The molecule has 27 heavy (non-hydrogen) atoms. The fourth-order valence-electron chi connectivity index (χ4n) is 2.89. The van der Waals surface area contributed by atoms with Crippen LogP contribution in [0.25, 0.3) is 28.7 Å². The SMILES string of the molecule is O=c1c2cc(I)ccc2nc(/C=C\c2ccccc2Cl)n1-c1ccccc1. The highest BCUT2D eigenvalue weighted by molar-refractivity contribution is 14.1. The molecule has 0 amide bonds. The van der Waals surface area contributed by atoms with Crippen molar-refractivity contribution in [1.29, 1.82) is 0 Å². The van der Waals surface area contributed by atoms with Gasteiger partial charge in [-0.25, -0.2) is 4.98 Å². The summed E-state index contributed by atoms with van der Waals surface area (Å²) in [5.74, 6) is 0.555. The summed E-state index contributed by atoms with van der Waals surface area (Å²) in [6, 6.07) is 22.8. The average Bonchev–Trinajstić information content (AvgIpc) is 2.69. The fraction of sp³-hybridized carbons (Fsp3) is 0. The standard InChI is InChI=1S/C22H14ClIN2O/c23-19-9-5-4-6-15(19)10-13-21-25-20-12-11-16(24)14-18(20)22(27)26(21)17-7-2-1-3-8-17/h1-14H/b13-10-. The Balaban J connectivity index is 1.97. The van der Waals surface area contributed by atoms with Gasteiger partial charge in [0.05, 0.1) is 16.6 Å². The minimum atomic E-state index is -0.0940. The van der Waals surface area contributed by atoms with E-state index in [4.69, 9.17) is 16.6 Å². The zero-order chi connectivity index (χ0) is 18.8. The van der Waals surface area contributed by atoms with Crippen LogP contribution >= 0.6 is 34.2 Å². The number of nitrogens with zero attached hydrogens (tertiary/aromatic N) is 2. The molecule has 0 saturated carbocycles. The van der Waals surface area contributed by atoms with Crippen molar-refractivity contribution in [3.05, 3.63) is 103 Å². The first kappa shape index (κ1) is 17.9. The molecule has 0 saturated heterocycles. The van der Waals surface area contributed by atoms with Gasteiger partial charge in [-0.15, -0.1) is 0 Å². The van der Waals surface area contributed by atoms with Gasteiger partial charge in [0.1, 0.15) is 5.82 Å². The van der Waals surface area contributed by atoms with Gasteiger partial charge in [0.25, 0.3) is 5.56 Å².